The molecule has 2 heterocycles. The molecule has 2 N–H and O–H groups in total. The van der Waals surface area contributed by atoms with Crippen LogP contribution in [0.5, 0.6) is 23.0 Å². The zero-order chi connectivity index (χ0) is 47.0. The molecule has 0 bridgehead atoms. The van der Waals surface area contributed by atoms with Crippen molar-refractivity contribution in [1.29, 1.82) is 0 Å². The third kappa shape index (κ3) is 13.1. The number of Topliss-reactive ketones (excluding diaryl/α,β-unsaturated/α-hetero) is 1. The summed E-state index contributed by atoms with van der Waals surface area (Å²) in [5.41, 5.74) is 1.70. The van der Waals surface area contributed by atoms with Gasteiger partial charge in [0.05, 0.1) is 31.3 Å². The SMILES string of the molecule is CC[C@@H](C)C(=O)N[C@@H](C(=O)OCCCCOC(=O)[C@H](CC(=O)[C@H](C)NC)C(=O)N1CCC[C@H]1c1cccc(Oc2ccccc2)c1)C(=O)N1CCC[C@H]1c1cccc(Oc2ccccc2)c1. The number of ether oxygens (including phenoxy) is 4. The van der Waals surface area contributed by atoms with Crippen LogP contribution >= 0.6 is 0 Å². The molecule has 0 spiro atoms. The molecule has 2 fully saturated rings. The van der Waals surface area contributed by atoms with Gasteiger partial charge in [-0.25, -0.2) is 4.79 Å². The number of ketones is 1. The van der Waals surface area contributed by atoms with Crippen molar-refractivity contribution < 1.29 is 47.7 Å². The zero-order valence-corrected chi connectivity index (χ0v) is 38.3. The summed E-state index contributed by atoms with van der Waals surface area (Å²) >= 11 is 0. The first kappa shape index (κ1) is 48.9. The van der Waals surface area contributed by atoms with Gasteiger partial charge in [-0.2, -0.15) is 0 Å². The molecule has 0 unspecified atom stereocenters. The summed E-state index contributed by atoms with van der Waals surface area (Å²) in [6.07, 6.45) is 3.43. The molecule has 2 aliphatic rings. The van der Waals surface area contributed by atoms with Crippen LogP contribution in [0.4, 0.5) is 0 Å². The van der Waals surface area contributed by atoms with Gasteiger partial charge in [-0.1, -0.05) is 74.5 Å². The van der Waals surface area contributed by atoms with Gasteiger partial charge in [0.1, 0.15) is 28.9 Å². The van der Waals surface area contributed by atoms with Gasteiger partial charge < -0.3 is 39.4 Å². The zero-order valence-electron chi connectivity index (χ0n) is 38.3. The fourth-order valence-corrected chi connectivity index (χ4v) is 8.18. The Morgan fingerprint density at radius 3 is 1.62 bits per heavy atom. The fourth-order valence-electron chi connectivity index (χ4n) is 8.18. The van der Waals surface area contributed by atoms with Crippen LogP contribution in [0.15, 0.2) is 109 Å². The molecule has 3 amide bonds. The maximum Gasteiger partial charge on any atom is 0.338 e. The van der Waals surface area contributed by atoms with E-state index in [0.717, 1.165) is 11.1 Å². The molecule has 14 heteroatoms. The summed E-state index contributed by atoms with van der Waals surface area (Å²) < 4.78 is 23.3. The summed E-state index contributed by atoms with van der Waals surface area (Å²) in [7, 11) is 1.63. The van der Waals surface area contributed by atoms with Gasteiger partial charge >= 0.3 is 11.9 Å². The smallest absolute Gasteiger partial charge is 0.338 e. The van der Waals surface area contributed by atoms with E-state index in [0.29, 0.717) is 68.2 Å². The minimum atomic E-state index is -1.56. The summed E-state index contributed by atoms with van der Waals surface area (Å²) in [6.45, 7) is 5.82. The number of likely N-dealkylation sites (N-methyl/N-ethyl adjacent to an activating group) is 1. The van der Waals surface area contributed by atoms with Crippen molar-refractivity contribution in [1.82, 2.24) is 20.4 Å². The minimum Gasteiger partial charge on any atom is -0.465 e. The van der Waals surface area contributed by atoms with Crippen molar-refractivity contribution >= 4 is 35.4 Å². The van der Waals surface area contributed by atoms with E-state index in [1.54, 1.807) is 30.7 Å². The Kier molecular flexibility index (Phi) is 17.9. The Morgan fingerprint density at radius 1 is 0.636 bits per heavy atom. The lowest BCUT2D eigenvalue weighted by molar-refractivity contribution is -0.159. The lowest BCUT2D eigenvalue weighted by atomic mass is 9.96. The average molecular weight is 903 g/mol. The van der Waals surface area contributed by atoms with Crippen LogP contribution in [0, 0.1) is 11.8 Å². The lowest BCUT2D eigenvalue weighted by Crippen LogP contribution is -2.54. The van der Waals surface area contributed by atoms with E-state index < -0.39 is 53.6 Å². The van der Waals surface area contributed by atoms with Crippen molar-refractivity contribution in [3.63, 3.8) is 0 Å². The maximum absolute atomic E-state index is 14.2. The number of para-hydroxylation sites is 2. The van der Waals surface area contributed by atoms with Crippen molar-refractivity contribution in [2.45, 2.75) is 96.3 Å². The first-order valence-corrected chi connectivity index (χ1v) is 23.1. The summed E-state index contributed by atoms with van der Waals surface area (Å²) in [4.78, 5) is 85.3. The number of nitrogens with one attached hydrogen (secondary N) is 2. The van der Waals surface area contributed by atoms with Crippen LogP contribution in [0.3, 0.4) is 0 Å². The van der Waals surface area contributed by atoms with Gasteiger partial charge in [-0.15, -0.1) is 0 Å². The molecule has 4 aromatic rings. The fraction of sp³-hybridized carbons (Fsp3) is 0.423. The predicted octanol–water partition coefficient (Wildman–Crippen LogP) is 7.88. The highest BCUT2D eigenvalue weighted by Crippen LogP contribution is 2.37. The van der Waals surface area contributed by atoms with Gasteiger partial charge in [0.15, 0.2) is 5.78 Å². The summed E-state index contributed by atoms with van der Waals surface area (Å²) in [5.74, 6) is -2.71. The minimum absolute atomic E-state index is 0.103. The molecule has 0 radical (unpaired) electrons. The van der Waals surface area contributed by atoms with E-state index in [4.69, 9.17) is 18.9 Å². The Bertz CT molecular complexity index is 2110. The number of rotatable bonds is 22. The van der Waals surface area contributed by atoms with E-state index in [-0.39, 0.29) is 50.3 Å². The molecular weight excluding hydrogens is 841 g/mol. The molecule has 6 rings (SSSR count). The molecule has 0 aliphatic carbocycles. The number of nitrogens with zero attached hydrogens (tertiary/aromatic N) is 2. The molecule has 4 aromatic carbocycles. The maximum atomic E-state index is 14.2. The van der Waals surface area contributed by atoms with Gasteiger partial charge in [-0.3, -0.25) is 24.0 Å². The molecule has 350 valence electrons. The van der Waals surface area contributed by atoms with Gasteiger partial charge in [0, 0.05) is 25.4 Å². The van der Waals surface area contributed by atoms with Crippen LogP contribution < -0.4 is 20.1 Å². The number of carbonyl (C=O) groups is 6. The highest BCUT2D eigenvalue weighted by atomic mass is 16.5. The number of hydrogen-bond acceptors (Lipinski definition) is 11. The van der Waals surface area contributed by atoms with E-state index in [1.165, 1.54) is 0 Å². The molecular formula is C52H62N4O10. The molecule has 2 aliphatic heterocycles. The van der Waals surface area contributed by atoms with Crippen LogP contribution in [0.25, 0.3) is 0 Å². The van der Waals surface area contributed by atoms with Crippen molar-refractivity contribution in [3.8, 4) is 23.0 Å². The Labute approximate surface area is 387 Å². The van der Waals surface area contributed by atoms with Crippen molar-refractivity contribution in [2.24, 2.45) is 11.8 Å². The molecule has 0 saturated carbocycles. The van der Waals surface area contributed by atoms with E-state index >= 15 is 0 Å². The molecule has 2 saturated heterocycles. The average Bonchev–Trinajstić information content (AvgIpc) is 4.05. The van der Waals surface area contributed by atoms with Crippen LogP contribution in [-0.2, 0) is 38.2 Å². The normalized spacial score (nSPS) is 17.5. The number of carbonyl (C=O) groups excluding carboxylic acids is 6. The molecule has 66 heavy (non-hydrogen) atoms. The molecule has 6 atom stereocenters. The summed E-state index contributed by atoms with van der Waals surface area (Å²) in [6, 6.07) is 30.9. The topological polar surface area (TPSA) is 170 Å². The summed E-state index contributed by atoms with van der Waals surface area (Å²) in [5, 5.41) is 5.54. The molecule has 0 aromatic heterocycles. The third-order valence-electron chi connectivity index (χ3n) is 12.3. The highest BCUT2D eigenvalue weighted by Gasteiger charge is 2.41. The second-order valence-electron chi connectivity index (χ2n) is 16.9. The Balaban J connectivity index is 1.05. The molecule has 14 nitrogen and oxygen atoms in total. The van der Waals surface area contributed by atoms with Crippen molar-refractivity contribution in [2.75, 3.05) is 33.4 Å². The Morgan fingerprint density at radius 2 is 1.12 bits per heavy atom. The van der Waals surface area contributed by atoms with E-state index in [1.807, 2.05) is 116 Å². The number of amides is 3. The van der Waals surface area contributed by atoms with Crippen molar-refractivity contribution in [3.05, 3.63) is 120 Å². The van der Waals surface area contributed by atoms with Crippen LogP contribution in [0.1, 0.15) is 95.3 Å². The lowest BCUT2D eigenvalue weighted by Gasteiger charge is -2.29. The van der Waals surface area contributed by atoms with E-state index in [9.17, 15) is 28.8 Å². The number of esters is 2. The largest absolute Gasteiger partial charge is 0.465 e. The highest BCUT2D eigenvalue weighted by molar-refractivity contribution is 6.05. The Hall–Kier alpha value is -6.54. The quantitative estimate of drug-likeness (QED) is 0.0447. The standard InChI is InChI=1S/C52H62N4O10/c1-5-35(2)48(58)54-47(50(60)56-29-17-27-45(56)38-19-15-25-42(33-38)66-40-22-10-7-11-23-40)52(62)64-31-13-12-30-63-51(61)43(34-46(57)36(3)53-4)49(59)55-28-16-26-44(55)37-18-14-24-41(32-37)65-39-20-8-6-9-21-39/h6-11,14-15,18-25,32-33,35-36,43-45,47,53H,5,12-13,16-17,26-31,34H2,1-4H3,(H,54,58)/t35-,36+,43-,44+,45+,47-/m1/s1. The van der Waals surface area contributed by atoms with Gasteiger partial charge in [0.25, 0.3) is 5.91 Å². The van der Waals surface area contributed by atoms with Gasteiger partial charge in [0.2, 0.25) is 17.9 Å². The van der Waals surface area contributed by atoms with Gasteiger partial charge in [-0.05, 0) is 119 Å². The first-order chi connectivity index (χ1) is 32.0. The second kappa shape index (κ2) is 24.1. The second-order valence-corrected chi connectivity index (χ2v) is 16.9. The van der Waals surface area contributed by atoms with E-state index in [2.05, 4.69) is 10.6 Å². The monoisotopic (exact) mass is 902 g/mol. The van der Waals surface area contributed by atoms with Crippen LogP contribution in [-0.4, -0.2) is 90.7 Å². The number of hydrogen-bond donors (Lipinski definition) is 2. The number of unbranched alkanes of at least 4 members (excludes halogenated alkanes) is 1. The first-order valence-electron chi connectivity index (χ1n) is 23.1. The number of benzene rings is 4. The van der Waals surface area contributed by atoms with Crippen LogP contribution in [0.2, 0.25) is 0 Å². The number of likely N-dealkylation sites (tertiary alicyclic amines) is 2. The predicted molar refractivity (Wildman–Crippen MR) is 247 cm³/mol. The third-order valence-corrected chi connectivity index (χ3v) is 12.3.